The number of amides is 1. The molecule has 164 valence electrons. The van der Waals surface area contributed by atoms with Crippen molar-refractivity contribution >= 4 is 18.2 Å². The zero-order chi connectivity index (χ0) is 21.5. The van der Waals surface area contributed by atoms with Gasteiger partial charge < -0.3 is 15.5 Å². The summed E-state index contributed by atoms with van der Waals surface area (Å²) in [5.74, 6) is 0. The van der Waals surface area contributed by atoms with E-state index in [4.69, 9.17) is 4.79 Å². The van der Waals surface area contributed by atoms with E-state index >= 15 is 0 Å². The van der Waals surface area contributed by atoms with Gasteiger partial charge >= 0.3 is 0 Å². The fourth-order valence-corrected chi connectivity index (χ4v) is 4.57. The summed E-state index contributed by atoms with van der Waals surface area (Å²) in [6, 6.07) is 6.05. The third-order valence-corrected chi connectivity index (χ3v) is 6.08. The molecule has 0 aromatic heterocycles. The molecular weight excluding hydrogens is 392 g/mol. The molecule has 1 aromatic rings. The van der Waals surface area contributed by atoms with E-state index in [1.807, 2.05) is 12.1 Å². The van der Waals surface area contributed by atoms with Gasteiger partial charge in [-0.1, -0.05) is 43.7 Å². The van der Waals surface area contributed by atoms with Gasteiger partial charge in [0.25, 0.3) is 0 Å². The number of rotatable bonds is 6. The van der Waals surface area contributed by atoms with Gasteiger partial charge in [0.15, 0.2) is 0 Å². The van der Waals surface area contributed by atoms with Crippen LogP contribution in [-0.2, 0) is 17.9 Å². The third kappa shape index (κ3) is 8.74. The second-order valence-corrected chi connectivity index (χ2v) is 7.92. The molecule has 0 unspecified atom stereocenters. The fraction of sp³-hybridized carbons (Fsp3) is 0.591. The van der Waals surface area contributed by atoms with E-state index < -0.39 is 0 Å². The molecule has 2 N–H and O–H groups in total. The monoisotopic (exact) mass is 427 g/mol. The van der Waals surface area contributed by atoms with E-state index in [2.05, 4.69) is 33.9 Å². The number of carbonyl (C=O) groups is 1. The van der Waals surface area contributed by atoms with E-state index in [1.54, 1.807) is 11.8 Å². The molecule has 1 saturated heterocycles. The van der Waals surface area contributed by atoms with Crippen LogP contribution in [0.1, 0.15) is 43.7 Å². The number of benzene rings is 1. The molecule has 29 heavy (non-hydrogen) atoms. The topological polar surface area (TPSA) is 49.6 Å². The van der Waals surface area contributed by atoms with E-state index in [0.717, 1.165) is 25.1 Å². The van der Waals surface area contributed by atoms with Crippen molar-refractivity contribution in [2.45, 2.75) is 50.6 Å². The van der Waals surface area contributed by atoms with Gasteiger partial charge in [0.2, 0.25) is 6.41 Å². The summed E-state index contributed by atoms with van der Waals surface area (Å²) in [6.07, 6.45) is 6.47. The van der Waals surface area contributed by atoms with Crippen molar-refractivity contribution in [3.05, 3.63) is 40.4 Å². The van der Waals surface area contributed by atoms with Crippen molar-refractivity contribution in [2.24, 2.45) is 5.73 Å². The Morgan fingerprint density at radius 2 is 1.93 bits per heavy atom. The van der Waals surface area contributed by atoms with Gasteiger partial charge in [-0.3, -0.25) is 9.18 Å². The zero-order valence-corrected chi connectivity index (χ0v) is 18.5. The Kier molecular flexibility index (Phi) is 13.4. The Balaban J connectivity index is 0.000000771. The van der Waals surface area contributed by atoms with Crippen LogP contribution >= 0.6 is 11.8 Å². The highest BCUT2D eigenvalue weighted by Crippen LogP contribution is 2.34. The first-order valence-corrected chi connectivity index (χ1v) is 11.1. The van der Waals surface area contributed by atoms with Crippen LogP contribution in [0.25, 0.3) is 0 Å². The van der Waals surface area contributed by atoms with Crippen LogP contribution < -0.4 is 5.73 Å². The molecule has 3 rings (SSSR count). The smallest absolute Gasteiger partial charge is 0.204 e. The van der Waals surface area contributed by atoms with Gasteiger partial charge in [0.1, 0.15) is 6.67 Å². The number of fused-ring (bicyclic) bond motifs is 1. The number of thioether (sulfide) groups is 1. The molecule has 0 saturated carbocycles. The summed E-state index contributed by atoms with van der Waals surface area (Å²) < 4.78 is 22.3. The molecule has 7 heteroatoms. The van der Waals surface area contributed by atoms with Crippen molar-refractivity contribution in [2.75, 3.05) is 39.9 Å². The molecule has 2 aliphatic heterocycles. The molecule has 4 nitrogen and oxygen atoms in total. The predicted molar refractivity (Wildman–Crippen MR) is 118 cm³/mol. The minimum absolute atomic E-state index is 0.250. The van der Waals surface area contributed by atoms with Gasteiger partial charge in [-0.15, -0.1) is 0 Å². The van der Waals surface area contributed by atoms with Gasteiger partial charge in [-0.2, -0.15) is 0 Å². The predicted octanol–water partition coefficient (Wildman–Crippen LogP) is 4.53. The number of carbonyl (C=O) groups excluding carboxylic acids is 1. The number of allylic oxidation sites excluding steroid dienone is 1. The molecule has 0 bridgehead atoms. The van der Waals surface area contributed by atoms with Crippen molar-refractivity contribution in [1.29, 1.82) is 0 Å². The number of hydrogen-bond acceptors (Lipinski definition) is 4. The number of hydrogen-bond donors (Lipinski definition) is 1. The molecule has 0 radical (unpaired) electrons. The number of nitrogens with zero attached hydrogens (tertiary/aromatic N) is 2. The molecular formula is C22H35F2N3OS. The lowest BCUT2D eigenvalue weighted by atomic mass is 10.1. The number of unbranched alkanes of at least 4 members (excludes halogenated alkanes) is 2. The standard InChI is InChI=1S/C20H29FN2S.CH3F.CH3NO/c1-2-3-4-8-22-9-5-10-23(12-11-22)19-14-18-7-6-17(15-21)13-20(18)24-16-19;1-2;2-1-3/h6-7,13,16H,2-5,8-12,14-15H2,1H3;1H3;1H,(H2,2,3). The lowest BCUT2D eigenvalue weighted by molar-refractivity contribution is -0.106. The van der Waals surface area contributed by atoms with E-state index in [-0.39, 0.29) is 13.1 Å². The number of alkyl halides is 2. The van der Waals surface area contributed by atoms with Crippen LogP contribution in [0.15, 0.2) is 34.2 Å². The maximum Gasteiger partial charge on any atom is 0.204 e. The Morgan fingerprint density at radius 1 is 1.17 bits per heavy atom. The average molecular weight is 428 g/mol. The maximum atomic E-state index is 12.8. The van der Waals surface area contributed by atoms with E-state index in [1.165, 1.54) is 61.5 Å². The van der Waals surface area contributed by atoms with Crippen LogP contribution in [0.5, 0.6) is 0 Å². The second kappa shape index (κ2) is 15.3. The van der Waals surface area contributed by atoms with Crippen molar-refractivity contribution in [1.82, 2.24) is 9.80 Å². The van der Waals surface area contributed by atoms with Crippen LogP contribution in [0.4, 0.5) is 8.78 Å². The number of nitrogens with two attached hydrogens (primary N) is 1. The van der Waals surface area contributed by atoms with Crippen LogP contribution in [0, 0.1) is 0 Å². The third-order valence-electron chi connectivity index (χ3n) is 5.05. The van der Waals surface area contributed by atoms with Gasteiger partial charge in [0.05, 0.1) is 7.18 Å². The first-order chi connectivity index (χ1) is 14.2. The van der Waals surface area contributed by atoms with Crippen LogP contribution in [-0.4, -0.2) is 56.1 Å². The molecule has 0 spiro atoms. The highest BCUT2D eigenvalue weighted by atomic mass is 32.2. The lowest BCUT2D eigenvalue weighted by Crippen LogP contribution is -2.31. The summed E-state index contributed by atoms with van der Waals surface area (Å²) in [5, 5.41) is 2.29. The minimum atomic E-state index is -0.371. The minimum Gasteiger partial charge on any atom is -0.373 e. The Bertz CT molecular complexity index is 628. The zero-order valence-electron chi connectivity index (χ0n) is 17.7. The summed E-state index contributed by atoms with van der Waals surface area (Å²) in [4.78, 5) is 15.0. The summed E-state index contributed by atoms with van der Waals surface area (Å²) >= 11 is 1.76. The van der Waals surface area contributed by atoms with E-state index in [0.29, 0.717) is 7.18 Å². The summed E-state index contributed by atoms with van der Waals surface area (Å²) in [7, 11) is 0.500. The number of halogens is 2. The highest BCUT2D eigenvalue weighted by molar-refractivity contribution is 8.02. The molecule has 2 heterocycles. The Morgan fingerprint density at radius 3 is 2.62 bits per heavy atom. The maximum absolute atomic E-state index is 12.8. The van der Waals surface area contributed by atoms with Gasteiger partial charge in [-0.05, 0) is 48.5 Å². The molecule has 1 fully saturated rings. The molecule has 0 atom stereocenters. The van der Waals surface area contributed by atoms with E-state index in [9.17, 15) is 8.78 Å². The van der Waals surface area contributed by atoms with Gasteiger partial charge in [0, 0.05) is 36.6 Å². The van der Waals surface area contributed by atoms with Crippen molar-refractivity contribution < 1.29 is 13.6 Å². The Hall–Kier alpha value is -1.60. The largest absolute Gasteiger partial charge is 0.373 e. The quantitative estimate of drug-likeness (QED) is 0.535. The van der Waals surface area contributed by atoms with Crippen LogP contribution in [0.3, 0.4) is 0 Å². The van der Waals surface area contributed by atoms with Crippen molar-refractivity contribution in [3.8, 4) is 0 Å². The molecule has 1 amide bonds. The highest BCUT2D eigenvalue weighted by Gasteiger charge is 2.20. The SMILES string of the molecule is CCCCCN1CCCN(C2=CSc3cc(CF)ccc3C2)CC1.CF.NC=O. The first-order valence-electron chi connectivity index (χ1n) is 10.3. The summed E-state index contributed by atoms with van der Waals surface area (Å²) in [6.45, 7) is 7.86. The first kappa shape index (κ1) is 25.4. The molecule has 0 aliphatic carbocycles. The van der Waals surface area contributed by atoms with Crippen LogP contribution in [0.2, 0.25) is 0 Å². The lowest BCUT2D eigenvalue weighted by Gasteiger charge is -2.29. The van der Waals surface area contributed by atoms with Crippen molar-refractivity contribution in [3.63, 3.8) is 0 Å². The second-order valence-electron chi connectivity index (χ2n) is 7.00. The Labute approximate surface area is 178 Å². The normalized spacial score (nSPS) is 16.3. The van der Waals surface area contributed by atoms with Gasteiger partial charge in [-0.25, -0.2) is 4.39 Å². The molecule has 2 aliphatic rings. The number of primary amides is 1. The average Bonchev–Trinajstić information content (AvgIpc) is 3.01. The fourth-order valence-electron chi connectivity index (χ4n) is 3.56. The molecule has 1 aromatic carbocycles. The summed E-state index contributed by atoms with van der Waals surface area (Å²) in [5.41, 5.74) is 7.74.